The van der Waals surface area contributed by atoms with E-state index < -0.39 is 11.9 Å². The van der Waals surface area contributed by atoms with E-state index in [1.807, 2.05) is 25.3 Å². The van der Waals surface area contributed by atoms with Crippen LogP contribution in [0, 0.1) is 6.92 Å². The standard InChI is InChI=1S/C17H16N6O2S/c1-8-3-2-6-20-15(8)23-7-10-11(22-23)5-4-9-12(14(18)24)16(21-17(19)25)26-13(9)10/h2-3,6-7H,4-5H2,1H3,(H2,18,24)(H3,19,21,25). The zero-order valence-corrected chi connectivity index (χ0v) is 14.8. The Kier molecular flexibility index (Phi) is 3.73. The highest BCUT2D eigenvalue weighted by atomic mass is 32.1. The molecule has 0 unspecified atom stereocenters. The van der Waals surface area contributed by atoms with Crippen molar-refractivity contribution in [2.24, 2.45) is 11.5 Å². The number of aromatic nitrogens is 3. The Morgan fingerprint density at radius 1 is 1.31 bits per heavy atom. The third-order valence-electron chi connectivity index (χ3n) is 4.34. The topological polar surface area (TPSA) is 129 Å². The number of urea groups is 1. The molecule has 8 nitrogen and oxygen atoms in total. The third-order valence-corrected chi connectivity index (χ3v) is 5.52. The van der Waals surface area contributed by atoms with Crippen LogP contribution in [-0.4, -0.2) is 26.7 Å². The van der Waals surface area contributed by atoms with Crippen molar-refractivity contribution >= 4 is 28.3 Å². The van der Waals surface area contributed by atoms with E-state index in [2.05, 4.69) is 15.4 Å². The lowest BCUT2D eigenvalue weighted by Crippen LogP contribution is -2.22. The Balaban J connectivity index is 1.87. The van der Waals surface area contributed by atoms with Crippen LogP contribution in [0.5, 0.6) is 0 Å². The molecule has 3 aromatic rings. The highest BCUT2D eigenvalue weighted by molar-refractivity contribution is 7.20. The van der Waals surface area contributed by atoms with Crippen LogP contribution in [0.15, 0.2) is 24.5 Å². The first-order valence-electron chi connectivity index (χ1n) is 7.98. The van der Waals surface area contributed by atoms with E-state index in [1.165, 1.54) is 11.3 Å². The fraction of sp³-hybridized carbons (Fsp3) is 0.176. The number of carbonyl (C=O) groups excluding carboxylic acids is 2. The Hall–Kier alpha value is -3.20. The molecule has 3 amide bonds. The van der Waals surface area contributed by atoms with Gasteiger partial charge in [0.05, 0.1) is 11.3 Å². The Morgan fingerprint density at radius 3 is 2.81 bits per heavy atom. The molecule has 1 aliphatic carbocycles. The van der Waals surface area contributed by atoms with Crippen molar-refractivity contribution < 1.29 is 9.59 Å². The number of rotatable bonds is 3. The number of nitrogens with one attached hydrogen (secondary N) is 1. The first-order chi connectivity index (χ1) is 12.5. The van der Waals surface area contributed by atoms with Crippen LogP contribution in [0.3, 0.4) is 0 Å². The molecule has 0 bridgehead atoms. The van der Waals surface area contributed by atoms with Gasteiger partial charge in [0, 0.05) is 22.8 Å². The molecule has 0 radical (unpaired) electrons. The van der Waals surface area contributed by atoms with Crippen molar-refractivity contribution in [1.82, 2.24) is 14.8 Å². The van der Waals surface area contributed by atoms with Gasteiger partial charge in [-0.3, -0.25) is 10.1 Å². The first-order valence-corrected chi connectivity index (χ1v) is 8.80. The number of carbonyl (C=O) groups is 2. The largest absolute Gasteiger partial charge is 0.365 e. The summed E-state index contributed by atoms with van der Waals surface area (Å²) in [5, 5.41) is 7.54. The number of hydrogen-bond donors (Lipinski definition) is 3. The molecule has 3 heterocycles. The molecule has 132 valence electrons. The van der Waals surface area contributed by atoms with Gasteiger partial charge in [-0.2, -0.15) is 5.10 Å². The number of amides is 3. The SMILES string of the molecule is Cc1cccnc1-n1cc2c(n1)CCc1c-2sc(NC(N)=O)c1C(N)=O. The molecular formula is C17H16N6O2S. The Morgan fingerprint density at radius 2 is 2.12 bits per heavy atom. The quantitative estimate of drug-likeness (QED) is 0.653. The number of aryl methyl sites for hydroxylation is 2. The molecule has 0 atom stereocenters. The van der Waals surface area contributed by atoms with E-state index in [9.17, 15) is 9.59 Å². The molecule has 5 N–H and O–H groups in total. The van der Waals surface area contributed by atoms with Gasteiger partial charge >= 0.3 is 6.03 Å². The fourth-order valence-corrected chi connectivity index (χ4v) is 4.52. The Bertz CT molecular complexity index is 1050. The zero-order valence-electron chi connectivity index (χ0n) is 13.9. The maximum atomic E-state index is 11.9. The minimum absolute atomic E-state index is 0.330. The maximum absolute atomic E-state index is 11.9. The average molecular weight is 368 g/mol. The van der Waals surface area contributed by atoms with Crippen LogP contribution >= 0.6 is 11.3 Å². The number of primary amides is 2. The summed E-state index contributed by atoms with van der Waals surface area (Å²) in [6, 6.07) is 3.12. The van der Waals surface area contributed by atoms with E-state index in [0.29, 0.717) is 23.4 Å². The number of fused-ring (bicyclic) bond motifs is 3. The van der Waals surface area contributed by atoms with Crippen molar-refractivity contribution in [1.29, 1.82) is 0 Å². The van der Waals surface area contributed by atoms with Gasteiger partial charge in [0.2, 0.25) is 0 Å². The number of anilines is 1. The van der Waals surface area contributed by atoms with Crippen LogP contribution in [0.2, 0.25) is 0 Å². The highest BCUT2D eigenvalue weighted by Gasteiger charge is 2.29. The number of thiophene rings is 1. The van der Waals surface area contributed by atoms with E-state index in [0.717, 1.165) is 33.1 Å². The molecular weight excluding hydrogens is 352 g/mol. The summed E-state index contributed by atoms with van der Waals surface area (Å²) in [5.74, 6) is 0.174. The Labute approximate surface area is 152 Å². The van der Waals surface area contributed by atoms with Crippen LogP contribution in [0.25, 0.3) is 16.3 Å². The summed E-state index contributed by atoms with van der Waals surface area (Å²) in [7, 11) is 0. The lowest BCUT2D eigenvalue weighted by molar-refractivity contribution is 0.100. The van der Waals surface area contributed by atoms with Gasteiger partial charge < -0.3 is 11.5 Å². The average Bonchev–Trinajstić information content (AvgIpc) is 3.15. The lowest BCUT2D eigenvalue weighted by atomic mass is 9.94. The summed E-state index contributed by atoms with van der Waals surface area (Å²) in [6.07, 6.45) is 4.92. The van der Waals surface area contributed by atoms with Crippen molar-refractivity contribution in [3.05, 3.63) is 46.9 Å². The molecule has 0 saturated carbocycles. The molecule has 9 heteroatoms. The molecule has 0 aromatic carbocycles. The molecule has 3 aromatic heterocycles. The lowest BCUT2D eigenvalue weighted by Gasteiger charge is -2.11. The van der Waals surface area contributed by atoms with E-state index >= 15 is 0 Å². The van der Waals surface area contributed by atoms with Gasteiger partial charge in [-0.1, -0.05) is 6.07 Å². The van der Waals surface area contributed by atoms with Crippen molar-refractivity contribution in [3.63, 3.8) is 0 Å². The highest BCUT2D eigenvalue weighted by Crippen LogP contribution is 2.44. The van der Waals surface area contributed by atoms with Gasteiger partial charge in [-0.05, 0) is 37.0 Å². The summed E-state index contributed by atoms with van der Waals surface area (Å²) in [4.78, 5) is 28.5. The van der Waals surface area contributed by atoms with Crippen molar-refractivity contribution in [2.45, 2.75) is 19.8 Å². The predicted octanol–water partition coefficient (Wildman–Crippen LogP) is 1.99. The summed E-state index contributed by atoms with van der Waals surface area (Å²) in [5.41, 5.74) is 14.8. The summed E-state index contributed by atoms with van der Waals surface area (Å²) < 4.78 is 1.75. The molecule has 0 saturated heterocycles. The second-order valence-corrected chi connectivity index (χ2v) is 7.07. The van der Waals surface area contributed by atoms with Gasteiger partial charge in [0.1, 0.15) is 5.00 Å². The number of hydrogen-bond acceptors (Lipinski definition) is 5. The van der Waals surface area contributed by atoms with E-state index in [4.69, 9.17) is 11.5 Å². The number of nitrogens with two attached hydrogens (primary N) is 2. The van der Waals surface area contributed by atoms with Gasteiger partial charge in [-0.15, -0.1) is 11.3 Å². The van der Waals surface area contributed by atoms with Crippen LogP contribution in [0.4, 0.5) is 9.80 Å². The van der Waals surface area contributed by atoms with Crippen molar-refractivity contribution in [3.8, 4) is 16.3 Å². The number of pyridine rings is 1. The second-order valence-electron chi connectivity index (χ2n) is 6.05. The summed E-state index contributed by atoms with van der Waals surface area (Å²) >= 11 is 1.29. The molecule has 1 aliphatic rings. The third kappa shape index (κ3) is 2.53. The number of nitrogens with zero attached hydrogens (tertiary/aromatic N) is 3. The first kappa shape index (κ1) is 16.3. The normalized spacial score (nSPS) is 12.3. The molecule has 26 heavy (non-hydrogen) atoms. The molecule has 0 spiro atoms. The van der Waals surface area contributed by atoms with Gasteiger partial charge in [0.25, 0.3) is 5.91 Å². The van der Waals surface area contributed by atoms with Crippen LogP contribution < -0.4 is 16.8 Å². The maximum Gasteiger partial charge on any atom is 0.317 e. The fourth-order valence-electron chi connectivity index (χ4n) is 3.23. The van der Waals surface area contributed by atoms with Crippen LogP contribution in [-0.2, 0) is 12.8 Å². The van der Waals surface area contributed by atoms with Gasteiger partial charge in [-0.25, -0.2) is 14.5 Å². The minimum atomic E-state index is -0.730. The predicted molar refractivity (Wildman–Crippen MR) is 98.5 cm³/mol. The van der Waals surface area contributed by atoms with Crippen LogP contribution in [0.1, 0.15) is 27.2 Å². The summed E-state index contributed by atoms with van der Waals surface area (Å²) in [6.45, 7) is 1.97. The van der Waals surface area contributed by atoms with Gasteiger partial charge in [0.15, 0.2) is 5.82 Å². The molecule has 0 fully saturated rings. The monoisotopic (exact) mass is 368 g/mol. The second kappa shape index (κ2) is 5.95. The molecule has 0 aliphatic heterocycles. The zero-order chi connectivity index (χ0) is 18.4. The van der Waals surface area contributed by atoms with E-state index in [-0.39, 0.29) is 0 Å². The van der Waals surface area contributed by atoms with E-state index in [1.54, 1.807) is 10.9 Å². The molecule has 4 rings (SSSR count). The minimum Gasteiger partial charge on any atom is -0.365 e. The smallest absolute Gasteiger partial charge is 0.317 e. The van der Waals surface area contributed by atoms with Crippen molar-refractivity contribution in [2.75, 3.05) is 5.32 Å².